The van der Waals surface area contributed by atoms with E-state index in [0.717, 1.165) is 17.0 Å². The molecule has 1 aliphatic rings. The van der Waals surface area contributed by atoms with E-state index >= 15 is 0 Å². The summed E-state index contributed by atoms with van der Waals surface area (Å²) in [5.41, 5.74) is 1.29. The van der Waals surface area contributed by atoms with Gasteiger partial charge in [-0.2, -0.15) is 0 Å². The molecule has 0 bridgehead atoms. The summed E-state index contributed by atoms with van der Waals surface area (Å²) in [7, 11) is 0. The van der Waals surface area contributed by atoms with Gasteiger partial charge in [-0.05, 0) is 40.0 Å². The highest BCUT2D eigenvalue weighted by Gasteiger charge is 2.29. The molecule has 1 aliphatic heterocycles. The van der Waals surface area contributed by atoms with Crippen molar-refractivity contribution in [3.8, 4) is 0 Å². The third-order valence-electron chi connectivity index (χ3n) is 3.96. The largest absolute Gasteiger partial charge is 0.390 e. The van der Waals surface area contributed by atoms with Crippen LogP contribution in [-0.2, 0) is 11.2 Å². The Bertz CT molecular complexity index is 436. The van der Waals surface area contributed by atoms with Crippen molar-refractivity contribution in [1.82, 2.24) is 10.1 Å². The van der Waals surface area contributed by atoms with E-state index < -0.39 is 5.60 Å². The number of carbonyl (C=O) groups excluding carboxylic acids is 1. The number of hydrogen-bond donors (Lipinski definition) is 1. The van der Waals surface area contributed by atoms with Crippen molar-refractivity contribution in [2.45, 2.75) is 52.1 Å². The van der Waals surface area contributed by atoms with Crippen LogP contribution in [0.15, 0.2) is 4.52 Å². The molecule has 19 heavy (non-hydrogen) atoms. The molecule has 1 aromatic rings. The topological polar surface area (TPSA) is 66.6 Å². The van der Waals surface area contributed by atoms with Crippen LogP contribution in [0.2, 0.25) is 0 Å². The lowest BCUT2D eigenvalue weighted by Gasteiger charge is -2.35. The Morgan fingerprint density at radius 2 is 2.05 bits per heavy atom. The monoisotopic (exact) mass is 266 g/mol. The Morgan fingerprint density at radius 1 is 1.42 bits per heavy atom. The highest BCUT2D eigenvalue weighted by atomic mass is 16.5. The number of piperidine rings is 1. The summed E-state index contributed by atoms with van der Waals surface area (Å²) in [5, 5.41) is 13.8. The van der Waals surface area contributed by atoms with E-state index in [1.807, 2.05) is 25.7 Å². The van der Waals surface area contributed by atoms with Gasteiger partial charge in [-0.1, -0.05) is 5.16 Å². The molecule has 1 amide bonds. The van der Waals surface area contributed by atoms with Gasteiger partial charge in [0, 0.05) is 25.1 Å². The van der Waals surface area contributed by atoms with E-state index in [2.05, 4.69) is 5.16 Å². The standard InChI is InChI=1S/C14H22N2O3/c1-10-12(11(2)19-15-10)4-5-13(17)16-8-6-14(3,18)7-9-16/h18H,4-9H2,1-3H3. The Morgan fingerprint density at radius 3 is 2.58 bits per heavy atom. The highest BCUT2D eigenvalue weighted by molar-refractivity contribution is 5.76. The molecule has 1 N–H and O–H groups in total. The quantitative estimate of drug-likeness (QED) is 0.902. The second kappa shape index (κ2) is 5.33. The molecule has 2 rings (SSSR count). The lowest BCUT2D eigenvalue weighted by atomic mass is 9.93. The van der Waals surface area contributed by atoms with Crippen molar-refractivity contribution in [3.05, 3.63) is 17.0 Å². The van der Waals surface area contributed by atoms with Crippen LogP contribution >= 0.6 is 0 Å². The second-order valence-electron chi connectivity index (χ2n) is 5.68. The SMILES string of the molecule is Cc1noc(C)c1CCC(=O)N1CCC(C)(O)CC1. The van der Waals surface area contributed by atoms with Crippen molar-refractivity contribution < 1.29 is 14.4 Å². The van der Waals surface area contributed by atoms with Crippen molar-refractivity contribution >= 4 is 5.91 Å². The number of nitrogens with zero attached hydrogens (tertiary/aromatic N) is 2. The number of aryl methyl sites for hydroxylation is 2. The predicted molar refractivity (Wildman–Crippen MR) is 70.7 cm³/mol. The van der Waals surface area contributed by atoms with Gasteiger partial charge in [-0.25, -0.2) is 0 Å². The van der Waals surface area contributed by atoms with Gasteiger partial charge in [0.15, 0.2) is 0 Å². The number of likely N-dealkylation sites (tertiary alicyclic amines) is 1. The number of rotatable bonds is 3. The van der Waals surface area contributed by atoms with Crippen LogP contribution in [0.5, 0.6) is 0 Å². The Kier molecular flexibility index (Phi) is 3.94. The smallest absolute Gasteiger partial charge is 0.222 e. The van der Waals surface area contributed by atoms with Gasteiger partial charge in [0.05, 0.1) is 11.3 Å². The van der Waals surface area contributed by atoms with E-state index in [9.17, 15) is 9.90 Å². The summed E-state index contributed by atoms with van der Waals surface area (Å²) < 4.78 is 5.09. The molecule has 1 fully saturated rings. The van der Waals surface area contributed by atoms with Gasteiger partial charge >= 0.3 is 0 Å². The maximum absolute atomic E-state index is 12.1. The molecule has 0 aliphatic carbocycles. The summed E-state index contributed by atoms with van der Waals surface area (Å²) in [6.45, 7) is 6.89. The van der Waals surface area contributed by atoms with E-state index in [0.29, 0.717) is 38.8 Å². The van der Waals surface area contributed by atoms with Gasteiger partial charge in [0.25, 0.3) is 0 Å². The summed E-state index contributed by atoms with van der Waals surface area (Å²) >= 11 is 0. The number of carbonyl (C=O) groups is 1. The normalized spacial score (nSPS) is 18.6. The summed E-state index contributed by atoms with van der Waals surface area (Å²) in [6.07, 6.45) is 2.46. The van der Waals surface area contributed by atoms with Crippen LogP contribution in [0.3, 0.4) is 0 Å². The molecule has 0 radical (unpaired) electrons. The predicted octanol–water partition coefficient (Wildman–Crippen LogP) is 1.60. The molecule has 1 aromatic heterocycles. The summed E-state index contributed by atoms with van der Waals surface area (Å²) in [6, 6.07) is 0. The molecular formula is C14H22N2O3. The average molecular weight is 266 g/mol. The number of hydrogen-bond acceptors (Lipinski definition) is 4. The van der Waals surface area contributed by atoms with Crippen molar-refractivity contribution in [2.75, 3.05) is 13.1 Å². The summed E-state index contributed by atoms with van der Waals surface area (Å²) in [4.78, 5) is 14.0. The van der Waals surface area contributed by atoms with E-state index in [1.165, 1.54) is 0 Å². The fourth-order valence-electron chi connectivity index (χ4n) is 2.49. The first-order valence-electron chi connectivity index (χ1n) is 6.81. The Balaban J connectivity index is 1.86. The molecule has 106 valence electrons. The zero-order valence-electron chi connectivity index (χ0n) is 11.9. The Hall–Kier alpha value is -1.36. The molecule has 1 saturated heterocycles. The molecule has 2 heterocycles. The first kappa shape index (κ1) is 14.1. The highest BCUT2D eigenvalue weighted by Crippen LogP contribution is 2.22. The second-order valence-corrected chi connectivity index (χ2v) is 5.68. The first-order valence-corrected chi connectivity index (χ1v) is 6.81. The number of aliphatic hydroxyl groups is 1. The molecule has 0 unspecified atom stereocenters. The lowest BCUT2D eigenvalue weighted by Crippen LogP contribution is -2.45. The zero-order valence-corrected chi connectivity index (χ0v) is 11.9. The minimum atomic E-state index is -0.613. The third kappa shape index (κ3) is 3.35. The van der Waals surface area contributed by atoms with Gasteiger partial charge in [-0.15, -0.1) is 0 Å². The zero-order chi connectivity index (χ0) is 14.0. The van der Waals surface area contributed by atoms with Gasteiger partial charge in [-0.3, -0.25) is 4.79 Å². The fourth-order valence-corrected chi connectivity index (χ4v) is 2.49. The lowest BCUT2D eigenvalue weighted by molar-refractivity contribution is -0.134. The van der Waals surface area contributed by atoms with E-state index in [1.54, 1.807) is 0 Å². The number of aromatic nitrogens is 1. The van der Waals surface area contributed by atoms with Gasteiger partial charge in [0.1, 0.15) is 5.76 Å². The maximum Gasteiger partial charge on any atom is 0.222 e. The fraction of sp³-hybridized carbons (Fsp3) is 0.714. The van der Waals surface area contributed by atoms with E-state index in [-0.39, 0.29) is 5.91 Å². The van der Waals surface area contributed by atoms with Gasteiger partial charge < -0.3 is 14.5 Å². The van der Waals surface area contributed by atoms with Crippen LogP contribution in [0.1, 0.15) is 43.2 Å². The first-order chi connectivity index (χ1) is 8.89. The van der Waals surface area contributed by atoms with Crippen LogP contribution in [0.4, 0.5) is 0 Å². The summed E-state index contributed by atoms with van der Waals surface area (Å²) in [5.74, 6) is 0.947. The molecule has 0 atom stereocenters. The molecule has 5 heteroatoms. The molecular weight excluding hydrogens is 244 g/mol. The van der Waals surface area contributed by atoms with Crippen LogP contribution < -0.4 is 0 Å². The third-order valence-corrected chi connectivity index (χ3v) is 3.96. The van der Waals surface area contributed by atoms with Crippen LogP contribution in [-0.4, -0.2) is 39.8 Å². The van der Waals surface area contributed by atoms with Crippen LogP contribution in [0, 0.1) is 13.8 Å². The Labute approximate surface area is 113 Å². The molecule has 5 nitrogen and oxygen atoms in total. The van der Waals surface area contributed by atoms with Gasteiger partial charge in [0.2, 0.25) is 5.91 Å². The molecule has 0 spiro atoms. The average Bonchev–Trinajstić information content (AvgIpc) is 2.66. The maximum atomic E-state index is 12.1. The molecule has 0 saturated carbocycles. The van der Waals surface area contributed by atoms with Crippen molar-refractivity contribution in [3.63, 3.8) is 0 Å². The number of amides is 1. The van der Waals surface area contributed by atoms with E-state index in [4.69, 9.17) is 4.52 Å². The molecule has 0 aromatic carbocycles. The van der Waals surface area contributed by atoms with Crippen molar-refractivity contribution in [1.29, 1.82) is 0 Å². The minimum Gasteiger partial charge on any atom is -0.390 e. The van der Waals surface area contributed by atoms with Crippen molar-refractivity contribution in [2.24, 2.45) is 0 Å². The van der Waals surface area contributed by atoms with Crippen LogP contribution in [0.25, 0.3) is 0 Å². The minimum absolute atomic E-state index is 0.149.